The Morgan fingerprint density at radius 1 is 1.48 bits per heavy atom. The Bertz CT molecular complexity index is 693. The van der Waals surface area contributed by atoms with Gasteiger partial charge in [0, 0.05) is 42.7 Å². The van der Waals surface area contributed by atoms with Crippen LogP contribution in [0.2, 0.25) is 0 Å². The molecule has 0 spiro atoms. The molecule has 134 valence electrons. The molecule has 2 aliphatic rings. The van der Waals surface area contributed by atoms with Crippen LogP contribution in [0.3, 0.4) is 0 Å². The van der Waals surface area contributed by atoms with Gasteiger partial charge in [0.1, 0.15) is 5.75 Å². The van der Waals surface area contributed by atoms with E-state index in [9.17, 15) is 0 Å². The van der Waals surface area contributed by atoms with Crippen molar-refractivity contribution in [3.63, 3.8) is 0 Å². The summed E-state index contributed by atoms with van der Waals surface area (Å²) in [6.45, 7) is 6.77. The van der Waals surface area contributed by atoms with Crippen molar-refractivity contribution in [3.05, 3.63) is 40.6 Å². The summed E-state index contributed by atoms with van der Waals surface area (Å²) < 4.78 is 12.3. The minimum Gasteiger partial charge on any atom is -0.491 e. The number of piperidine rings is 1. The third kappa shape index (κ3) is 3.71. The lowest BCUT2D eigenvalue weighted by molar-refractivity contribution is -0.140. The van der Waals surface area contributed by atoms with Crippen LogP contribution in [0.5, 0.6) is 5.75 Å². The van der Waals surface area contributed by atoms with Gasteiger partial charge in [-0.15, -0.1) is 11.3 Å². The van der Waals surface area contributed by atoms with Gasteiger partial charge in [-0.05, 0) is 38.3 Å². The van der Waals surface area contributed by atoms with E-state index in [1.54, 1.807) is 23.7 Å². The minimum absolute atomic E-state index is 0.0743. The van der Waals surface area contributed by atoms with Gasteiger partial charge in [0.25, 0.3) is 0 Å². The van der Waals surface area contributed by atoms with Gasteiger partial charge in [0.15, 0.2) is 0 Å². The average molecular weight is 359 g/mol. The Labute approximate surface area is 153 Å². The molecule has 0 saturated carbocycles. The van der Waals surface area contributed by atoms with Crippen LogP contribution in [0.1, 0.15) is 29.8 Å². The van der Waals surface area contributed by atoms with Crippen LogP contribution in [0.4, 0.5) is 0 Å². The van der Waals surface area contributed by atoms with Gasteiger partial charge in [-0.25, -0.2) is 4.98 Å². The molecule has 0 aliphatic carbocycles. The van der Waals surface area contributed by atoms with E-state index < -0.39 is 0 Å². The number of aryl methyl sites for hydroxylation is 1. The summed E-state index contributed by atoms with van der Waals surface area (Å²) in [4.78, 5) is 12.5. The molecule has 0 amide bonds. The highest BCUT2D eigenvalue weighted by atomic mass is 32.1. The monoisotopic (exact) mass is 359 g/mol. The third-order valence-electron chi connectivity index (χ3n) is 5.44. The molecule has 4 rings (SSSR count). The molecule has 5 nitrogen and oxygen atoms in total. The Morgan fingerprint density at radius 3 is 3.24 bits per heavy atom. The predicted molar refractivity (Wildman–Crippen MR) is 97.9 cm³/mol. The average Bonchev–Trinajstić information content (AvgIpc) is 3.05. The van der Waals surface area contributed by atoms with E-state index in [2.05, 4.69) is 21.8 Å². The summed E-state index contributed by atoms with van der Waals surface area (Å²) in [5.41, 5.74) is 3.18. The number of fused-ring (bicyclic) bond motifs is 1. The zero-order valence-electron chi connectivity index (χ0n) is 14.7. The summed E-state index contributed by atoms with van der Waals surface area (Å²) in [5, 5.41) is 0. The molecule has 0 radical (unpaired) electrons. The highest BCUT2D eigenvalue weighted by Gasteiger charge is 2.46. The van der Waals surface area contributed by atoms with Crippen molar-refractivity contribution < 1.29 is 9.47 Å². The molecule has 0 N–H and O–H groups in total. The molecule has 2 atom stereocenters. The molecular weight excluding hydrogens is 334 g/mol. The van der Waals surface area contributed by atoms with E-state index in [1.807, 2.05) is 17.6 Å². The minimum atomic E-state index is 0.0743. The maximum Gasteiger partial charge on any atom is 0.137 e. The van der Waals surface area contributed by atoms with Gasteiger partial charge in [-0.1, -0.05) is 0 Å². The van der Waals surface area contributed by atoms with E-state index in [-0.39, 0.29) is 5.41 Å². The predicted octanol–water partition coefficient (Wildman–Crippen LogP) is 3.30. The van der Waals surface area contributed by atoms with E-state index in [4.69, 9.17) is 9.47 Å². The van der Waals surface area contributed by atoms with Gasteiger partial charge < -0.3 is 9.47 Å². The molecule has 6 heteroatoms. The number of aromatic nitrogens is 2. The van der Waals surface area contributed by atoms with E-state index in [0.29, 0.717) is 12.7 Å². The van der Waals surface area contributed by atoms with Crippen LogP contribution in [-0.2, 0) is 11.3 Å². The Hall–Kier alpha value is -1.50. The molecule has 2 fully saturated rings. The first-order valence-corrected chi connectivity index (χ1v) is 9.89. The molecule has 0 unspecified atom stereocenters. The van der Waals surface area contributed by atoms with Gasteiger partial charge in [-0.2, -0.15) is 0 Å². The quantitative estimate of drug-likeness (QED) is 0.820. The number of hydrogen-bond donors (Lipinski definition) is 0. The van der Waals surface area contributed by atoms with Crippen LogP contribution in [-0.4, -0.2) is 47.3 Å². The van der Waals surface area contributed by atoms with Crippen molar-refractivity contribution in [1.82, 2.24) is 14.9 Å². The fourth-order valence-corrected chi connectivity index (χ4v) is 4.89. The zero-order valence-corrected chi connectivity index (χ0v) is 15.5. The second kappa shape index (κ2) is 7.40. The van der Waals surface area contributed by atoms with Gasteiger partial charge in [0.05, 0.1) is 30.1 Å². The third-order valence-corrected chi connectivity index (χ3v) is 6.36. The topological polar surface area (TPSA) is 47.5 Å². The first kappa shape index (κ1) is 16.9. The summed E-state index contributed by atoms with van der Waals surface area (Å²) in [6.07, 6.45) is 7.22. The second-order valence-electron chi connectivity index (χ2n) is 7.16. The maximum atomic E-state index is 6.15. The van der Waals surface area contributed by atoms with Gasteiger partial charge in [0.2, 0.25) is 0 Å². The second-order valence-corrected chi connectivity index (χ2v) is 8.10. The number of pyridine rings is 1. The largest absolute Gasteiger partial charge is 0.491 e. The van der Waals surface area contributed by atoms with Crippen LogP contribution in [0.25, 0.3) is 0 Å². The van der Waals surface area contributed by atoms with E-state index in [1.165, 1.54) is 4.88 Å². The molecule has 4 heterocycles. The van der Waals surface area contributed by atoms with Crippen molar-refractivity contribution in [1.29, 1.82) is 0 Å². The molecule has 0 bridgehead atoms. The standard InChI is InChI=1S/C19H25N3O2S/c1-15-17(25-14-21-15)11-22-8-5-18-19(12-22,6-3-9-23-18)13-24-16-4-2-7-20-10-16/h2,4,7,10,14,18H,3,5-6,8-9,11-13H2,1H3/t18-,19+/m0/s1. The van der Waals surface area contributed by atoms with Crippen LogP contribution in [0.15, 0.2) is 30.0 Å². The molecule has 2 aliphatic heterocycles. The van der Waals surface area contributed by atoms with Crippen LogP contribution >= 0.6 is 11.3 Å². The number of ether oxygens (including phenoxy) is 2. The lowest BCUT2D eigenvalue weighted by Crippen LogP contribution is -2.57. The zero-order chi connectivity index (χ0) is 17.1. The number of hydrogen-bond acceptors (Lipinski definition) is 6. The lowest BCUT2D eigenvalue weighted by Gasteiger charge is -2.50. The van der Waals surface area contributed by atoms with Crippen molar-refractivity contribution in [2.75, 3.05) is 26.3 Å². The normalized spacial score (nSPS) is 27.0. The molecule has 0 aromatic carbocycles. The molecule has 25 heavy (non-hydrogen) atoms. The fourth-order valence-electron chi connectivity index (χ4n) is 4.07. The van der Waals surface area contributed by atoms with Crippen molar-refractivity contribution in [3.8, 4) is 5.75 Å². The molecule has 2 saturated heterocycles. The summed E-state index contributed by atoms with van der Waals surface area (Å²) in [7, 11) is 0. The number of likely N-dealkylation sites (tertiary alicyclic amines) is 1. The highest BCUT2D eigenvalue weighted by molar-refractivity contribution is 7.09. The Morgan fingerprint density at radius 2 is 2.44 bits per heavy atom. The Kier molecular flexibility index (Phi) is 5.01. The van der Waals surface area contributed by atoms with Crippen LogP contribution in [0, 0.1) is 12.3 Å². The molecular formula is C19H25N3O2S. The van der Waals surface area contributed by atoms with Gasteiger partial charge in [-0.3, -0.25) is 9.88 Å². The molecule has 2 aromatic heterocycles. The summed E-state index contributed by atoms with van der Waals surface area (Å²) >= 11 is 1.76. The summed E-state index contributed by atoms with van der Waals surface area (Å²) in [6, 6.07) is 3.89. The SMILES string of the molecule is Cc1ncsc1CN1CC[C@@H]2OCCC[C@]2(COc2cccnc2)C1. The number of thiazole rings is 1. The smallest absolute Gasteiger partial charge is 0.137 e. The van der Waals surface area contributed by atoms with Crippen molar-refractivity contribution in [2.45, 2.75) is 38.8 Å². The highest BCUT2D eigenvalue weighted by Crippen LogP contribution is 2.41. The number of nitrogens with zero attached hydrogens (tertiary/aromatic N) is 3. The fraction of sp³-hybridized carbons (Fsp3) is 0.579. The van der Waals surface area contributed by atoms with Gasteiger partial charge >= 0.3 is 0 Å². The van der Waals surface area contributed by atoms with Crippen molar-refractivity contribution >= 4 is 11.3 Å². The number of rotatable bonds is 5. The van der Waals surface area contributed by atoms with E-state index >= 15 is 0 Å². The first-order valence-electron chi connectivity index (χ1n) is 9.01. The van der Waals surface area contributed by atoms with Crippen LogP contribution < -0.4 is 4.74 Å². The van der Waals surface area contributed by atoms with Crippen molar-refractivity contribution in [2.24, 2.45) is 5.41 Å². The maximum absolute atomic E-state index is 6.15. The Balaban J connectivity index is 1.48. The summed E-state index contributed by atoms with van der Waals surface area (Å²) in [5.74, 6) is 0.844. The molecule has 2 aromatic rings. The lowest BCUT2D eigenvalue weighted by atomic mass is 9.73. The van der Waals surface area contributed by atoms with E-state index in [0.717, 1.165) is 56.9 Å². The first-order chi connectivity index (χ1) is 12.3.